The van der Waals surface area contributed by atoms with Gasteiger partial charge in [0.05, 0.1) is 13.0 Å². The van der Waals surface area contributed by atoms with E-state index in [2.05, 4.69) is 0 Å². The molecule has 0 unspecified atom stereocenters. The van der Waals surface area contributed by atoms with E-state index in [4.69, 9.17) is 4.74 Å². The van der Waals surface area contributed by atoms with E-state index in [1.807, 2.05) is 36.1 Å². The van der Waals surface area contributed by atoms with Gasteiger partial charge in [0.1, 0.15) is 5.75 Å². The summed E-state index contributed by atoms with van der Waals surface area (Å²) >= 11 is 0. The summed E-state index contributed by atoms with van der Waals surface area (Å²) in [5.41, 5.74) is 0.984. The van der Waals surface area contributed by atoms with Crippen molar-refractivity contribution in [3.8, 4) is 5.75 Å². The third kappa shape index (κ3) is 4.21. The van der Waals surface area contributed by atoms with Crippen molar-refractivity contribution in [2.24, 2.45) is 0 Å². The maximum absolute atomic E-state index is 12.2. The van der Waals surface area contributed by atoms with Crippen molar-refractivity contribution in [1.82, 2.24) is 9.80 Å². The first-order valence-corrected chi connectivity index (χ1v) is 7.35. The summed E-state index contributed by atoms with van der Waals surface area (Å²) in [6.07, 6.45) is 0.395. The standard InChI is InChI=1S/C16H22N2O3/c1-3-21-15-6-4-14(5-7-15)12-16(20)18-10-8-17(9-11-18)13(2)19/h4-7H,3,8-12H2,1-2H3. The molecule has 1 aliphatic rings. The highest BCUT2D eigenvalue weighted by atomic mass is 16.5. The predicted molar refractivity (Wildman–Crippen MR) is 80.1 cm³/mol. The Bertz CT molecular complexity index is 491. The Labute approximate surface area is 125 Å². The molecule has 2 amide bonds. The molecule has 1 saturated heterocycles. The van der Waals surface area contributed by atoms with Crippen molar-refractivity contribution in [3.63, 3.8) is 0 Å². The zero-order valence-electron chi connectivity index (χ0n) is 12.7. The molecule has 0 aromatic heterocycles. The first-order chi connectivity index (χ1) is 10.1. The molecule has 0 aliphatic carbocycles. The largest absolute Gasteiger partial charge is 0.494 e. The molecular weight excluding hydrogens is 268 g/mol. The Balaban J connectivity index is 1.85. The van der Waals surface area contributed by atoms with Crippen molar-refractivity contribution in [1.29, 1.82) is 0 Å². The minimum atomic E-state index is 0.0774. The Morgan fingerprint density at radius 1 is 1.05 bits per heavy atom. The Hall–Kier alpha value is -2.04. The molecule has 0 saturated carbocycles. The molecule has 5 nitrogen and oxygen atoms in total. The number of ether oxygens (including phenoxy) is 1. The zero-order valence-corrected chi connectivity index (χ0v) is 12.7. The average Bonchev–Trinajstić information content (AvgIpc) is 2.49. The zero-order chi connectivity index (χ0) is 15.2. The predicted octanol–water partition coefficient (Wildman–Crippen LogP) is 1.32. The number of amides is 2. The molecule has 114 valence electrons. The molecule has 0 bridgehead atoms. The minimum absolute atomic E-state index is 0.0774. The minimum Gasteiger partial charge on any atom is -0.494 e. The highest BCUT2D eigenvalue weighted by Gasteiger charge is 2.22. The van der Waals surface area contributed by atoms with Crippen molar-refractivity contribution in [2.45, 2.75) is 20.3 Å². The van der Waals surface area contributed by atoms with Crippen molar-refractivity contribution in [3.05, 3.63) is 29.8 Å². The number of rotatable bonds is 4. The molecule has 2 rings (SSSR count). The van der Waals surface area contributed by atoms with Crippen LogP contribution in [0.3, 0.4) is 0 Å². The smallest absolute Gasteiger partial charge is 0.227 e. The summed E-state index contributed by atoms with van der Waals surface area (Å²) in [6.45, 7) is 6.65. The molecule has 0 spiro atoms. The fourth-order valence-electron chi connectivity index (χ4n) is 2.43. The van der Waals surface area contributed by atoms with Gasteiger partial charge in [0, 0.05) is 33.1 Å². The lowest BCUT2D eigenvalue weighted by Gasteiger charge is -2.34. The fourth-order valence-corrected chi connectivity index (χ4v) is 2.43. The molecule has 1 heterocycles. The van der Waals surface area contributed by atoms with Gasteiger partial charge in [-0.3, -0.25) is 9.59 Å². The van der Waals surface area contributed by atoms with E-state index in [-0.39, 0.29) is 11.8 Å². The first-order valence-electron chi connectivity index (χ1n) is 7.35. The van der Waals surface area contributed by atoms with Gasteiger partial charge < -0.3 is 14.5 Å². The summed E-state index contributed by atoms with van der Waals surface area (Å²) in [5, 5.41) is 0. The number of hydrogen-bond donors (Lipinski definition) is 0. The highest BCUT2D eigenvalue weighted by Crippen LogP contribution is 2.13. The molecule has 0 radical (unpaired) electrons. The van der Waals surface area contributed by atoms with Crippen molar-refractivity contribution < 1.29 is 14.3 Å². The maximum Gasteiger partial charge on any atom is 0.227 e. The molecule has 0 N–H and O–H groups in total. The van der Waals surface area contributed by atoms with E-state index in [0.717, 1.165) is 11.3 Å². The highest BCUT2D eigenvalue weighted by molar-refractivity contribution is 5.79. The second-order valence-corrected chi connectivity index (χ2v) is 5.14. The molecule has 1 fully saturated rings. The third-order valence-corrected chi connectivity index (χ3v) is 3.67. The van der Waals surface area contributed by atoms with Crippen LogP contribution in [-0.2, 0) is 16.0 Å². The van der Waals surface area contributed by atoms with Gasteiger partial charge in [0.25, 0.3) is 0 Å². The Kier molecular flexibility index (Phi) is 5.20. The van der Waals surface area contributed by atoms with Gasteiger partial charge in [0.2, 0.25) is 11.8 Å². The van der Waals surface area contributed by atoms with E-state index in [0.29, 0.717) is 39.2 Å². The van der Waals surface area contributed by atoms with Crippen LogP contribution >= 0.6 is 0 Å². The number of benzene rings is 1. The van der Waals surface area contributed by atoms with Crippen LogP contribution in [-0.4, -0.2) is 54.4 Å². The first kappa shape index (κ1) is 15.4. The average molecular weight is 290 g/mol. The molecule has 21 heavy (non-hydrogen) atoms. The van der Waals surface area contributed by atoms with Gasteiger partial charge in [-0.2, -0.15) is 0 Å². The van der Waals surface area contributed by atoms with Gasteiger partial charge in [-0.15, -0.1) is 0 Å². The van der Waals surface area contributed by atoms with Gasteiger partial charge in [-0.05, 0) is 24.6 Å². The van der Waals surface area contributed by atoms with Crippen molar-refractivity contribution in [2.75, 3.05) is 32.8 Å². The topological polar surface area (TPSA) is 49.9 Å². The quantitative estimate of drug-likeness (QED) is 0.840. The molecular formula is C16H22N2O3. The van der Waals surface area contributed by atoms with Crippen LogP contribution in [0.1, 0.15) is 19.4 Å². The summed E-state index contributed by atoms with van der Waals surface area (Å²) < 4.78 is 5.38. The van der Waals surface area contributed by atoms with E-state index < -0.39 is 0 Å². The van der Waals surface area contributed by atoms with Crippen LogP contribution in [0.25, 0.3) is 0 Å². The number of piperazine rings is 1. The summed E-state index contributed by atoms with van der Waals surface area (Å²) in [6, 6.07) is 7.63. The lowest BCUT2D eigenvalue weighted by molar-refractivity contribution is -0.138. The molecule has 1 aromatic rings. The molecule has 1 aliphatic heterocycles. The number of carbonyl (C=O) groups excluding carboxylic acids is 2. The summed E-state index contributed by atoms with van der Waals surface area (Å²) in [4.78, 5) is 27.1. The van der Waals surface area contributed by atoms with Gasteiger partial charge in [0.15, 0.2) is 0 Å². The Morgan fingerprint density at radius 2 is 1.62 bits per heavy atom. The molecule has 0 atom stereocenters. The second-order valence-electron chi connectivity index (χ2n) is 5.14. The molecule has 5 heteroatoms. The van der Waals surface area contributed by atoms with Crippen LogP contribution in [0.15, 0.2) is 24.3 Å². The van der Waals surface area contributed by atoms with Gasteiger partial charge in [-0.25, -0.2) is 0 Å². The van der Waals surface area contributed by atoms with E-state index in [9.17, 15) is 9.59 Å². The van der Waals surface area contributed by atoms with Crippen LogP contribution in [0, 0.1) is 0 Å². The summed E-state index contributed by atoms with van der Waals surface area (Å²) in [5.74, 6) is 1.01. The van der Waals surface area contributed by atoms with E-state index in [1.165, 1.54) is 0 Å². The Morgan fingerprint density at radius 3 is 2.14 bits per heavy atom. The van der Waals surface area contributed by atoms with Crippen LogP contribution in [0.2, 0.25) is 0 Å². The fraction of sp³-hybridized carbons (Fsp3) is 0.500. The lowest BCUT2D eigenvalue weighted by atomic mass is 10.1. The lowest BCUT2D eigenvalue weighted by Crippen LogP contribution is -2.50. The normalized spacial score (nSPS) is 15.0. The van der Waals surface area contributed by atoms with Gasteiger partial charge >= 0.3 is 0 Å². The number of nitrogens with zero attached hydrogens (tertiary/aromatic N) is 2. The van der Waals surface area contributed by atoms with Crippen molar-refractivity contribution >= 4 is 11.8 Å². The second kappa shape index (κ2) is 7.11. The van der Waals surface area contributed by atoms with Gasteiger partial charge in [-0.1, -0.05) is 12.1 Å². The van der Waals surface area contributed by atoms with E-state index >= 15 is 0 Å². The van der Waals surface area contributed by atoms with Crippen LogP contribution in [0.4, 0.5) is 0 Å². The summed E-state index contributed by atoms with van der Waals surface area (Å²) in [7, 11) is 0. The van der Waals surface area contributed by atoms with E-state index in [1.54, 1.807) is 11.8 Å². The SMILES string of the molecule is CCOc1ccc(CC(=O)N2CCN(C(C)=O)CC2)cc1. The maximum atomic E-state index is 12.2. The third-order valence-electron chi connectivity index (χ3n) is 3.67. The molecule has 1 aromatic carbocycles. The monoisotopic (exact) mass is 290 g/mol. The number of hydrogen-bond acceptors (Lipinski definition) is 3. The van der Waals surface area contributed by atoms with Crippen LogP contribution < -0.4 is 4.74 Å². The van der Waals surface area contributed by atoms with Crippen LogP contribution in [0.5, 0.6) is 5.75 Å². The number of carbonyl (C=O) groups is 2.